The van der Waals surface area contributed by atoms with Gasteiger partial charge in [0.15, 0.2) is 0 Å². The number of rotatable bonds is 5. The fourth-order valence-electron chi connectivity index (χ4n) is 6.28. The molecule has 3 fully saturated rings. The molecule has 2 saturated carbocycles. The van der Waals surface area contributed by atoms with Crippen molar-refractivity contribution < 1.29 is 19.1 Å². The molecule has 0 spiro atoms. The summed E-state index contributed by atoms with van der Waals surface area (Å²) in [5, 5.41) is 0. The maximum absolute atomic E-state index is 13.4. The van der Waals surface area contributed by atoms with Gasteiger partial charge in [-0.1, -0.05) is 66.7 Å². The molecule has 5 nitrogen and oxygen atoms in total. The molecule has 3 aromatic rings. The van der Waals surface area contributed by atoms with Gasteiger partial charge < -0.3 is 4.74 Å². The Morgan fingerprint density at radius 3 is 1.88 bits per heavy atom. The molecule has 0 aromatic heterocycles. The molecule has 1 aliphatic heterocycles. The van der Waals surface area contributed by atoms with Crippen LogP contribution < -0.4 is 9.64 Å². The van der Waals surface area contributed by atoms with Gasteiger partial charge in [-0.3, -0.25) is 14.4 Å². The van der Waals surface area contributed by atoms with Crippen LogP contribution in [0.5, 0.6) is 5.75 Å². The lowest BCUT2D eigenvalue weighted by Gasteiger charge is -2.19. The summed E-state index contributed by atoms with van der Waals surface area (Å²) < 4.78 is 5.82. The summed E-state index contributed by atoms with van der Waals surface area (Å²) >= 11 is 0. The van der Waals surface area contributed by atoms with Crippen molar-refractivity contribution in [1.29, 1.82) is 0 Å². The van der Waals surface area contributed by atoms with Crippen LogP contribution in [0.2, 0.25) is 0 Å². The van der Waals surface area contributed by atoms with Gasteiger partial charge in [0.25, 0.3) is 0 Å². The molecular formula is C29H25NO4. The van der Waals surface area contributed by atoms with Gasteiger partial charge in [0.1, 0.15) is 11.7 Å². The van der Waals surface area contributed by atoms with Crippen molar-refractivity contribution >= 4 is 23.5 Å². The van der Waals surface area contributed by atoms with E-state index in [0.29, 0.717) is 23.3 Å². The lowest BCUT2D eigenvalue weighted by Crippen LogP contribution is -2.32. The fraction of sp³-hybridized carbons (Fsp3) is 0.276. The average Bonchev–Trinajstić information content (AvgIpc) is 3.54. The van der Waals surface area contributed by atoms with Crippen molar-refractivity contribution in [1.82, 2.24) is 0 Å². The van der Waals surface area contributed by atoms with Crippen LogP contribution in [0, 0.1) is 23.7 Å². The van der Waals surface area contributed by atoms with Crippen LogP contribution in [0.3, 0.4) is 0 Å². The molecule has 5 heteroatoms. The molecule has 6 rings (SSSR count). The van der Waals surface area contributed by atoms with Crippen molar-refractivity contribution in [2.24, 2.45) is 23.7 Å². The number of carbonyl (C=O) groups is 3. The standard InChI is InChI=1S/C29H25NO4/c31-27-25-20-14-15-21(16-20)26(25)28(32)30(27)22-12-7-13-23(17-22)34-29(33)24(18-8-3-1-4-9-18)19-10-5-2-6-11-19/h1-13,17,20-21,24-26H,14-16H2/t20-,21-,25-,26+/m0/s1. The molecule has 170 valence electrons. The van der Waals surface area contributed by atoms with Gasteiger partial charge in [0.05, 0.1) is 17.5 Å². The van der Waals surface area contributed by atoms with Crippen molar-refractivity contribution in [3.05, 3.63) is 96.1 Å². The minimum Gasteiger partial charge on any atom is -0.426 e. The first-order chi connectivity index (χ1) is 16.6. The van der Waals surface area contributed by atoms with E-state index in [1.807, 2.05) is 60.7 Å². The second kappa shape index (κ2) is 8.24. The normalized spacial score (nSPS) is 25.1. The zero-order valence-corrected chi connectivity index (χ0v) is 18.7. The van der Waals surface area contributed by atoms with Gasteiger partial charge in [0, 0.05) is 6.07 Å². The minimum absolute atomic E-state index is 0.0999. The minimum atomic E-state index is -0.587. The number of imide groups is 1. The first-order valence-electron chi connectivity index (χ1n) is 11.9. The first-order valence-corrected chi connectivity index (χ1v) is 11.9. The predicted octanol–water partition coefficient (Wildman–Crippen LogP) is 4.96. The van der Waals surface area contributed by atoms with Gasteiger partial charge in [0.2, 0.25) is 11.8 Å². The van der Waals surface area contributed by atoms with Crippen LogP contribution in [-0.2, 0) is 14.4 Å². The summed E-state index contributed by atoms with van der Waals surface area (Å²) in [7, 11) is 0. The predicted molar refractivity (Wildman–Crippen MR) is 127 cm³/mol. The van der Waals surface area contributed by atoms with E-state index in [4.69, 9.17) is 4.74 Å². The Hall–Kier alpha value is -3.73. The summed E-state index contributed by atoms with van der Waals surface area (Å²) in [5.74, 6) is -0.588. The van der Waals surface area contributed by atoms with Crippen LogP contribution in [0.4, 0.5) is 5.69 Å². The maximum atomic E-state index is 13.4. The number of nitrogens with zero attached hydrogens (tertiary/aromatic N) is 1. The largest absolute Gasteiger partial charge is 0.426 e. The Balaban J connectivity index is 1.28. The van der Waals surface area contributed by atoms with Crippen LogP contribution >= 0.6 is 0 Å². The molecule has 0 unspecified atom stereocenters. The van der Waals surface area contributed by atoms with Crippen LogP contribution in [0.1, 0.15) is 36.3 Å². The Morgan fingerprint density at radius 1 is 0.765 bits per heavy atom. The highest BCUT2D eigenvalue weighted by Crippen LogP contribution is 2.56. The molecule has 2 aliphatic carbocycles. The van der Waals surface area contributed by atoms with E-state index in [1.54, 1.807) is 24.3 Å². The summed E-state index contributed by atoms with van der Waals surface area (Å²) in [6.45, 7) is 0. The van der Waals surface area contributed by atoms with E-state index >= 15 is 0 Å². The van der Waals surface area contributed by atoms with Crippen LogP contribution in [-0.4, -0.2) is 17.8 Å². The fourth-order valence-corrected chi connectivity index (χ4v) is 6.28. The van der Waals surface area contributed by atoms with E-state index in [-0.39, 0.29) is 23.7 Å². The topological polar surface area (TPSA) is 63.7 Å². The zero-order valence-electron chi connectivity index (χ0n) is 18.7. The summed E-state index contributed by atoms with van der Waals surface area (Å²) in [4.78, 5) is 41.1. The number of esters is 1. The van der Waals surface area contributed by atoms with E-state index < -0.39 is 11.9 Å². The highest BCUT2D eigenvalue weighted by Gasteiger charge is 2.61. The molecule has 4 atom stereocenters. The monoisotopic (exact) mass is 451 g/mol. The molecule has 3 aromatic carbocycles. The van der Waals surface area contributed by atoms with E-state index in [9.17, 15) is 14.4 Å². The number of anilines is 1. The van der Waals surface area contributed by atoms with E-state index in [0.717, 1.165) is 30.4 Å². The van der Waals surface area contributed by atoms with Crippen molar-refractivity contribution in [2.45, 2.75) is 25.2 Å². The number of hydrogen-bond acceptors (Lipinski definition) is 4. The zero-order chi connectivity index (χ0) is 23.2. The quantitative estimate of drug-likeness (QED) is 0.313. The molecule has 2 bridgehead atoms. The lowest BCUT2D eigenvalue weighted by molar-refractivity contribution is -0.135. The van der Waals surface area contributed by atoms with Gasteiger partial charge in [-0.15, -0.1) is 0 Å². The highest BCUT2D eigenvalue weighted by atomic mass is 16.5. The van der Waals surface area contributed by atoms with E-state index in [2.05, 4.69) is 0 Å². The number of carbonyl (C=O) groups excluding carboxylic acids is 3. The number of benzene rings is 3. The first kappa shape index (κ1) is 20.8. The average molecular weight is 452 g/mol. The maximum Gasteiger partial charge on any atom is 0.323 e. The SMILES string of the molecule is O=C(Oc1cccc(N2C(=O)[C@@H]3[C@H]4CC[C@@H](C4)[C@@H]3C2=O)c1)C(c1ccccc1)c1ccccc1. The van der Waals surface area contributed by atoms with Gasteiger partial charge in [-0.2, -0.15) is 0 Å². The summed E-state index contributed by atoms with van der Waals surface area (Å²) in [6, 6.07) is 25.8. The Morgan fingerprint density at radius 2 is 1.32 bits per heavy atom. The number of amides is 2. The third-order valence-corrected chi connectivity index (χ3v) is 7.72. The highest BCUT2D eigenvalue weighted by molar-refractivity contribution is 6.22. The molecule has 3 aliphatic rings. The lowest BCUT2D eigenvalue weighted by atomic mass is 9.81. The second-order valence-electron chi connectivity index (χ2n) is 9.57. The molecule has 0 radical (unpaired) electrons. The molecule has 2 amide bonds. The number of fused-ring (bicyclic) bond motifs is 5. The Kier molecular flexibility index (Phi) is 5.05. The van der Waals surface area contributed by atoms with E-state index in [1.165, 1.54) is 4.90 Å². The third kappa shape index (κ3) is 3.35. The van der Waals surface area contributed by atoms with Gasteiger partial charge in [-0.05, 0) is 54.4 Å². The molecule has 0 N–H and O–H groups in total. The van der Waals surface area contributed by atoms with Crippen molar-refractivity contribution in [3.8, 4) is 5.75 Å². The third-order valence-electron chi connectivity index (χ3n) is 7.72. The number of hydrogen-bond donors (Lipinski definition) is 0. The van der Waals surface area contributed by atoms with Gasteiger partial charge in [-0.25, -0.2) is 4.90 Å². The van der Waals surface area contributed by atoms with Crippen molar-refractivity contribution in [3.63, 3.8) is 0 Å². The smallest absolute Gasteiger partial charge is 0.323 e. The molecular weight excluding hydrogens is 426 g/mol. The van der Waals surface area contributed by atoms with Crippen molar-refractivity contribution in [2.75, 3.05) is 4.90 Å². The van der Waals surface area contributed by atoms with Crippen LogP contribution in [0.25, 0.3) is 0 Å². The van der Waals surface area contributed by atoms with Crippen LogP contribution in [0.15, 0.2) is 84.9 Å². The summed E-state index contributed by atoms with van der Waals surface area (Å²) in [5.41, 5.74) is 2.15. The summed E-state index contributed by atoms with van der Waals surface area (Å²) in [6.07, 6.45) is 3.08. The van der Waals surface area contributed by atoms with Gasteiger partial charge >= 0.3 is 5.97 Å². The molecule has 1 saturated heterocycles. The number of ether oxygens (including phenoxy) is 1. The Labute approximate surface area is 198 Å². The molecule has 1 heterocycles. The Bertz CT molecular complexity index is 1190. The molecule has 34 heavy (non-hydrogen) atoms. The second-order valence-corrected chi connectivity index (χ2v) is 9.57.